The summed E-state index contributed by atoms with van der Waals surface area (Å²) in [4.78, 5) is 4.18. The van der Waals surface area contributed by atoms with Gasteiger partial charge in [-0.3, -0.25) is 4.98 Å². The lowest BCUT2D eigenvalue weighted by atomic mass is 9.79. The summed E-state index contributed by atoms with van der Waals surface area (Å²) >= 11 is 0. The van der Waals surface area contributed by atoms with Crippen LogP contribution in [0, 0.1) is 5.92 Å². The van der Waals surface area contributed by atoms with E-state index in [4.69, 9.17) is 15.2 Å². The standard InChI is InChI=1S/C15H20N4O2/c16-14(12-8-18-19-4-3-17-9-13(12)19)11-1-5-21-15(7-11)2-6-20-10-15/h3-4,8-9,11,14H,1-2,5-7,10,16H2. The van der Waals surface area contributed by atoms with Crippen LogP contribution in [0.5, 0.6) is 0 Å². The molecule has 3 unspecified atom stereocenters. The highest BCUT2D eigenvalue weighted by Crippen LogP contribution is 2.40. The van der Waals surface area contributed by atoms with Crippen LogP contribution in [0.1, 0.15) is 30.9 Å². The molecule has 0 amide bonds. The van der Waals surface area contributed by atoms with Gasteiger partial charge in [0.2, 0.25) is 0 Å². The van der Waals surface area contributed by atoms with Gasteiger partial charge in [-0.2, -0.15) is 5.10 Å². The Balaban J connectivity index is 1.60. The first-order valence-electron chi connectivity index (χ1n) is 7.52. The van der Waals surface area contributed by atoms with Gasteiger partial charge in [-0.15, -0.1) is 0 Å². The summed E-state index contributed by atoms with van der Waals surface area (Å²) in [7, 11) is 0. The van der Waals surface area contributed by atoms with Crippen molar-refractivity contribution in [3.63, 3.8) is 0 Å². The zero-order chi connectivity index (χ0) is 14.3. The minimum atomic E-state index is -0.109. The molecule has 1 spiro atoms. The molecular formula is C15H20N4O2. The second-order valence-electron chi connectivity index (χ2n) is 6.12. The molecule has 0 aromatic carbocycles. The Morgan fingerprint density at radius 3 is 3.19 bits per heavy atom. The highest BCUT2D eigenvalue weighted by Gasteiger charge is 2.42. The van der Waals surface area contributed by atoms with Crippen LogP contribution in [0.2, 0.25) is 0 Å². The average Bonchev–Trinajstić information content (AvgIpc) is 3.14. The second kappa shape index (κ2) is 5.05. The number of fused-ring (bicyclic) bond motifs is 1. The molecule has 21 heavy (non-hydrogen) atoms. The van der Waals surface area contributed by atoms with E-state index in [9.17, 15) is 0 Å². The fraction of sp³-hybridized carbons (Fsp3) is 0.600. The lowest BCUT2D eigenvalue weighted by molar-refractivity contribution is -0.101. The molecule has 2 aromatic heterocycles. The summed E-state index contributed by atoms with van der Waals surface area (Å²) in [5.41, 5.74) is 8.51. The molecule has 0 saturated carbocycles. The van der Waals surface area contributed by atoms with Crippen molar-refractivity contribution in [3.8, 4) is 0 Å². The number of ether oxygens (including phenoxy) is 2. The quantitative estimate of drug-likeness (QED) is 0.902. The molecule has 2 aliphatic heterocycles. The smallest absolute Gasteiger partial charge is 0.0940 e. The highest BCUT2D eigenvalue weighted by atomic mass is 16.6. The van der Waals surface area contributed by atoms with Crippen LogP contribution >= 0.6 is 0 Å². The number of nitrogens with zero attached hydrogens (tertiary/aromatic N) is 3. The monoisotopic (exact) mass is 288 g/mol. The topological polar surface area (TPSA) is 74.7 Å². The third-order valence-corrected chi connectivity index (χ3v) is 4.82. The van der Waals surface area contributed by atoms with Crippen LogP contribution < -0.4 is 5.73 Å². The van der Waals surface area contributed by atoms with Crippen LogP contribution in [-0.2, 0) is 9.47 Å². The zero-order valence-corrected chi connectivity index (χ0v) is 11.9. The largest absolute Gasteiger partial charge is 0.378 e. The molecular weight excluding hydrogens is 268 g/mol. The molecule has 112 valence electrons. The first kappa shape index (κ1) is 13.2. The Bertz CT molecular complexity index is 635. The van der Waals surface area contributed by atoms with Gasteiger partial charge in [-0.1, -0.05) is 0 Å². The molecule has 2 aromatic rings. The van der Waals surface area contributed by atoms with Gasteiger partial charge in [0.1, 0.15) is 0 Å². The van der Waals surface area contributed by atoms with Gasteiger partial charge in [0.05, 0.1) is 30.1 Å². The van der Waals surface area contributed by atoms with E-state index < -0.39 is 0 Å². The molecule has 2 aliphatic rings. The average molecular weight is 288 g/mol. The fourth-order valence-corrected chi connectivity index (χ4v) is 3.60. The van der Waals surface area contributed by atoms with Crippen LogP contribution in [0.25, 0.3) is 5.52 Å². The van der Waals surface area contributed by atoms with E-state index >= 15 is 0 Å². The molecule has 0 bridgehead atoms. The fourth-order valence-electron chi connectivity index (χ4n) is 3.60. The summed E-state index contributed by atoms with van der Waals surface area (Å²) in [5.74, 6) is 0.397. The van der Waals surface area contributed by atoms with Crippen molar-refractivity contribution >= 4 is 5.52 Å². The molecule has 2 N–H and O–H groups in total. The number of aromatic nitrogens is 3. The number of hydrogen-bond donors (Lipinski definition) is 1. The van der Waals surface area contributed by atoms with E-state index in [0.29, 0.717) is 12.5 Å². The predicted molar refractivity (Wildman–Crippen MR) is 76.8 cm³/mol. The zero-order valence-electron chi connectivity index (χ0n) is 11.9. The Kier molecular flexibility index (Phi) is 3.17. The van der Waals surface area contributed by atoms with Crippen molar-refractivity contribution in [2.75, 3.05) is 19.8 Å². The summed E-state index contributed by atoms with van der Waals surface area (Å²) in [5, 5.41) is 4.36. The maximum absolute atomic E-state index is 6.55. The van der Waals surface area contributed by atoms with Gasteiger partial charge in [-0.25, -0.2) is 4.52 Å². The van der Waals surface area contributed by atoms with Crippen molar-refractivity contribution in [3.05, 3.63) is 30.4 Å². The first-order valence-corrected chi connectivity index (χ1v) is 7.52. The van der Waals surface area contributed by atoms with E-state index in [1.807, 2.05) is 23.1 Å². The van der Waals surface area contributed by atoms with Crippen molar-refractivity contribution < 1.29 is 9.47 Å². The third-order valence-electron chi connectivity index (χ3n) is 4.82. The van der Waals surface area contributed by atoms with E-state index in [-0.39, 0.29) is 11.6 Å². The van der Waals surface area contributed by atoms with E-state index in [2.05, 4.69) is 10.1 Å². The molecule has 6 heteroatoms. The van der Waals surface area contributed by atoms with Crippen LogP contribution in [0.4, 0.5) is 0 Å². The van der Waals surface area contributed by atoms with Crippen molar-refractivity contribution in [2.45, 2.75) is 30.9 Å². The molecule has 2 saturated heterocycles. The Hall–Kier alpha value is -1.50. The SMILES string of the molecule is NC(c1cnn2ccncc12)C1CCOC2(CCOC2)C1. The van der Waals surface area contributed by atoms with Gasteiger partial charge >= 0.3 is 0 Å². The van der Waals surface area contributed by atoms with Crippen LogP contribution in [0.15, 0.2) is 24.8 Å². The van der Waals surface area contributed by atoms with Crippen molar-refractivity contribution in [1.82, 2.24) is 14.6 Å². The van der Waals surface area contributed by atoms with Gasteiger partial charge in [0.25, 0.3) is 0 Å². The normalized spacial score (nSPS) is 31.0. The molecule has 0 aliphatic carbocycles. The van der Waals surface area contributed by atoms with Crippen molar-refractivity contribution in [1.29, 1.82) is 0 Å². The highest BCUT2D eigenvalue weighted by molar-refractivity contribution is 5.53. The molecule has 2 fully saturated rings. The van der Waals surface area contributed by atoms with Gasteiger partial charge in [0, 0.05) is 43.6 Å². The summed E-state index contributed by atoms with van der Waals surface area (Å²) in [6, 6.07) is -0.0342. The first-order chi connectivity index (χ1) is 10.3. The third kappa shape index (κ3) is 2.23. The minimum absolute atomic E-state index is 0.0342. The number of rotatable bonds is 2. The van der Waals surface area contributed by atoms with Crippen LogP contribution in [0.3, 0.4) is 0 Å². The second-order valence-corrected chi connectivity index (χ2v) is 6.12. The lowest BCUT2D eigenvalue weighted by Gasteiger charge is -2.39. The van der Waals surface area contributed by atoms with E-state index in [0.717, 1.165) is 43.6 Å². The Morgan fingerprint density at radius 1 is 1.38 bits per heavy atom. The minimum Gasteiger partial charge on any atom is -0.378 e. The molecule has 4 rings (SSSR count). The molecule has 3 atom stereocenters. The summed E-state index contributed by atoms with van der Waals surface area (Å²) in [6.45, 7) is 2.26. The van der Waals surface area contributed by atoms with Crippen LogP contribution in [-0.4, -0.2) is 40.0 Å². The maximum Gasteiger partial charge on any atom is 0.0940 e. The molecule has 6 nitrogen and oxygen atoms in total. The lowest BCUT2D eigenvalue weighted by Crippen LogP contribution is -2.43. The Labute approximate surface area is 123 Å². The number of nitrogens with two attached hydrogens (primary N) is 1. The van der Waals surface area contributed by atoms with Crippen molar-refractivity contribution in [2.24, 2.45) is 11.7 Å². The summed E-state index contributed by atoms with van der Waals surface area (Å²) < 4.78 is 13.4. The van der Waals surface area contributed by atoms with E-state index in [1.54, 1.807) is 6.20 Å². The summed E-state index contributed by atoms with van der Waals surface area (Å²) in [6.07, 6.45) is 10.2. The van der Waals surface area contributed by atoms with Gasteiger partial charge in [-0.05, 0) is 18.8 Å². The molecule has 4 heterocycles. The van der Waals surface area contributed by atoms with Gasteiger partial charge in [0.15, 0.2) is 0 Å². The Morgan fingerprint density at radius 2 is 2.33 bits per heavy atom. The van der Waals surface area contributed by atoms with E-state index in [1.165, 1.54) is 0 Å². The van der Waals surface area contributed by atoms with Gasteiger partial charge < -0.3 is 15.2 Å². The maximum atomic E-state index is 6.55. The molecule has 0 radical (unpaired) electrons. The predicted octanol–water partition coefficient (Wildman–Crippen LogP) is 1.31. The number of hydrogen-bond acceptors (Lipinski definition) is 5.